The lowest BCUT2D eigenvalue weighted by atomic mass is 10.1. The van der Waals surface area contributed by atoms with E-state index >= 15 is 0 Å². The standard InChI is InChI=1S/C17H21N3O7S/c1-9(2)14(19-28(4,25)26)17(24)27-8-13(21)18-10-5-6-11-12(7-10)16(23)20(3)15(11)22/h5-7,9,14,19H,8H2,1-4H3,(H,18,21)/t14-/m1/s1. The van der Waals surface area contributed by atoms with Crippen LogP contribution in [-0.2, 0) is 24.3 Å². The average Bonchev–Trinajstić information content (AvgIpc) is 2.81. The maximum absolute atomic E-state index is 12.1. The van der Waals surface area contributed by atoms with Crippen LogP contribution in [-0.4, -0.2) is 63.0 Å². The van der Waals surface area contributed by atoms with E-state index in [1.54, 1.807) is 13.8 Å². The van der Waals surface area contributed by atoms with Crippen LogP contribution in [0.25, 0.3) is 0 Å². The molecule has 2 rings (SSSR count). The van der Waals surface area contributed by atoms with Crippen LogP contribution in [0.5, 0.6) is 0 Å². The van der Waals surface area contributed by atoms with Gasteiger partial charge >= 0.3 is 5.97 Å². The van der Waals surface area contributed by atoms with E-state index in [1.807, 2.05) is 0 Å². The highest BCUT2D eigenvalue weighted by atomic mass is 32.2. The van der Waals surface area contributed by atoms with Gasteiger partial charge in [-0.25, -0.2) is 13.1 Å². The molecule has 3 amide bonds. The highest BCUT2D eigenvalue weighted by Gasteiger charge is 2.33. The Labute approximate surface area is 162 Å². The Bertz CT molecular complexity index is 940. The number of hydrogen-bond donors (Lipinski definition) is 2. The van der Waals surface area contributed by atoms with Gasteiger partial charge in [0, 0.05) is 12.7 Å². The van der Waals surface area contributed by atoms with Crippen LogP contribution in [0.1, 0.15) is 34.6 Å². The lowest BCUT2D eigenvalue weighted by Gasteiger charge is -2.19. The second kappa shape index (κ2) is 8.07. The molecule has 0 spiro atoms. The molecule has 0 radical (unpaired) electrons. The van der Waals surface area contributed by atoms with E-state index in [0.717, 1.165) is 11.2 Å². The lowest BCUT2D eigenvalue weighted by Crippen LogP contribution is -2.45. The molecular formula is C17H21N3O7S. The van der Waals surface area contributed by atoms with E-state index in [0.29, 0.717) is 0 Å². The van der Waals surface area contributed by atoms with Crippen molar-refractivity contribution >= 4 is 39.4 Å². The number of hydrogen-bond acceptors (Lipinski definition) is 7. The molecular weight excluding hydrogens is 390 g/mol. The van der Waals surface area contributed by atoms with Crippen LogP contribution in [0.2, 0.25) is 0 Å². The number of rotatable bonds is 7. The monoisotopic (exact) mass is 411 g/mol. The number of sulfonamides is 1. The normalized spacial score (nSPS) is 14.8. The van der Waals surface area contributed by atoms with E-state index in [-0.39, 0.29) is 22.7 Å². The number of carbonyl (C=O) groups excluding carboxylic acids is 4. The highest BCUT2D eigenvalue weighted by molar-refractivity contribution is 7.88. The number of nitrogens with one attached hydrogen (secondary N) is 2. The second-order valence-electron chi connectivity index (χ2n) is 6.70. The summed E-state index contributed by atoms with van der Waals surface area (Å²) in [6.45, 7) is 2.62. The largest absolute Gasteiger partial charge is 0.454 e. The van der Waals surface area contributed by atoms with Gasteiger partial charge in [-0.3, -0.25) is 24.1 Å². The summed E-state index contributed by atoms with van der Waals surface area (Å²) >= 11 is 0. The van der Waals surface area contributed by atoms with Crippen molar-refractivity contribution in [1.29, 1.82) is 0 Å². The average molecular weight is 411 g/mol. The number of anilines is 1. The predicted octanol–water partition coefficient (Wildman–Crippen LogP) is -0.0321. The van der Waals surface area contributed by atoms with Crippen LogP contribution in [0.4, 0.5) is 5.69 Å². The molecule has 152 valence electrons. The summed E-state index contributed by atoms with van der Waals surface area (Å²) in [7, 11) is -2.28. The number of imide groups is 1. The summed E-state index contributed by atoms with van der Waals surface area (Å²) in [5, 5.41) is 2.46. The molecule has 1 heterocycles. The summed E-state index contributed by atoms with van der Waals surface area (Å²) < 4.78 is 29.7. The molecule has 1 aromatic rings. The van der Waals surface area contributed by atoms with Crippen molar-refractivity contribution in [2.45, 2.75) is 19.9 Å². The Hall–Kier alpha value is -2.79. The number of ether oxygens (including phenoxy) is 1. The zero-order valence-corrected chi connectivity index (χ0v) is 16.6. The molecule has 11 heteroatoms. The van der Waals surface area contributed by atoms with Crippen molar-refractivity contribution in [2.24, 2.45) is 5.92 Å². The Balaban J connectivity index is 1.99. The molecule has 0 unspecified atom stereocenters. The molecule has 28 heavy (non-hydrogen) atoms. The quantitative estimate of drug-likeness (QED) is 0.474. The van der Waals surface area contributed by atoms with E-state index < -0.39 is 46.4 Å². The third-order valence-electron chi connectivity index (χ3n) is 3.98. The minimum atomic E-state index is -3.64. The summed E-state index contributed by atoms with van der Waals surface area (Å²) in [6, 6.07) is 3.11. The number of esters is 1. The van der Waals surface area contributed by atoms with E-state index in [2.05, 4.69) is 10.0 Å². The maximum Gasteiger partial charge on any atom is 0.324 e. The van der Waals surface area contributed by atoms with Crippen molar-refractivity contribution in [1.82, 2.24) is 9.62 Å². The van der Waals surface area contributed by atoms with Crippen molar-refractivity contribution in [3.05, 3.63) is 29.3 Å². The van der Waals surface area contributed by atoms with Gasteiger partial charge in [0.2, 0.25) is 10.0 Å². The molecule has 0 aliphatic carbocycles. The minimum absolute atomic E-state index is 0.166. The van der Waals surface area contributed by atoms with E-state index in [4.69, 9.17) is 4.74 Å². The van der Waals surface area contributed by atoms with Crippen LogP contribution in [0.3, 0.4) is 0 Å². The van der Waals surface area contributed by atoms with Crippen LogP contribution in [0.15, 0.2) is 18.2 Å². The first-order chi connectivity index (χ1) is 12.9. The second-order valence-corrected chi connectivity index (χ2v) is 8.48. The molecule has 0 fully saturated rings. The van der Waals surface area contributed by atoms with Gasteiger partial charge in [0.05, 0.1) is 17.4 Å². The molecule has 0 bridgehead atoms. The summed E-state index contributed by atoms with van der Waals surface area (Å²) in [5.74, 6) is -2.85. The number of amides is 3. The lowest BCUT2D eigenvalue weighted by molar-refractivity contribution is -0.150. The molecule has 1 atom stereocenters. The van der Waals surface area contributed by atoms with Gasteiger partial charge in [0.25, 0.3) is 17.7 Å². The van der Waals surface area contributed by atoms with Crippen molar-refractivity contribution in [3.8, 4) is 0 Å². The minimum Gasteiger partial charge on any atom is -0.454 e. The fourth-order valence-electron chi connectivity index (χ4n) is 2.55. The Morgan fingerprint density at radius 2 is 1.75 bits per heavy atom. The molecule has 10 nitrogen and oxygen atoms in total. The fourth-order valence-corrected chi connectivity index (χ4v) is 3.38. The fraction of sp³-hybridized carbons (Fsp3) is 0.412. The molecule has 0 saturated heterocycles. The molecule has 2 N–H and O–H groups in total. The van der Waals surface area contributed by atoms with Crippen LogP contribution >= 0.6 is 0 Å². The van der Waals surface area contributed by atoms with Crippen LogP contribution in [0, 0.1) is 5.92 Å². The smallest absolute Gasteiger partial charge is 0.324 e. The maximum atomic E-state index is 12.1. The Morgan fingerprint density at radius 3 is 2.32 bits per heavy atom. The topological polar surface area (TPSA) is 139 Å². The first-order valence-electron chi connectivity index (χ1n) is 8.31. The molecule has 0 aromatic heterocycles. The van der Waals surface area contributed by atoms with Gasteiger partial charge in [0.1, 0.15) is 6.04 Å². The number of carbonyl (C=O) groups is 4. The molecule has 1 aliphatic heterocycles. The van der Waals surface area contributed by atoms with Crippen molar-refractivity contribution in [3.63, 3.8) is 0 Å². The van der Waals surface area contributed by atoms with Gasteiger partial charge in [-0.1, -0.05) is 13.8 Å². The zero-order chi connectivity index (χ0) is 21.2. The van der Waals surface area contributed by atoms with Crippen LogP contribution < -0.4 is 10.0 Å². The number of benzene rings is 1. The predicted molar refractivity (Wildman–Crippen MR) is 99.1 cm³/mol. The molecule has 1 aromatic carbocycles. The summed E-state index contributed by atoms with van der Waals surface area (Å²) in [5.41, 5.74) is 0.661. The van der Waals surface area contributed by atoms with Crippen molar-refractivity contribution in [2.75, 3.05) is 25.2 Å². The highest BCUT2D eigenvalue weighted by Crippen LogP contribution is 2.24. The Kier molecular flexibility index (Phi) is 6.20. The van der Waals surface area contributed by atoms with Crippen molar-refractivity contribution < 1.29 is 32.3 Å². The summed E-state index contributed by atoms with van der Waals surface area (Å²) in [4.78, 5) is 48.9. The van der Waals surface area contributed by atoms with Gasteiger partial charge in [-0.2, -0.15) is 0 Å². The Morgan fingerprint density at radius 1 is 1.14 bits per heavy atom. The third-order valence-corrected chi connectivity index (χ3v) is 4.66. The first-order valence-corrected chi connectivity index (χ1v) is 10.2. The third kappa shape index (κ3) is 4.93. The van der Waals surface area contributed by atoms with E-state index in [9.17, 15) is 27.6 Å². The van der Waals surface area contributed by atoms with Gasteiger partial charge in [-0.15, -0.1) is 0 Å². The van der Waals surface area contributed by atoms with Gasteiger partial charge in [0.15, 0.2) is 6.61 Å². The van der Waals surface area contributed by atoms with Gasteiger partial charge in [-0.05, 0) is 24.1 Å². The number of fused-ring (bicyclic) bond motifs is 1. The molecule has 1 aliphatic rings. The summed E-state index contributed by atoms with van der Waals surface area (Å²) in [6.07, 6.45) is 0.916. The SMILES string of the molecule is CC(C)[C@@H](NS(C)(=O)=O)C(=O)OCC(=O)Nc1ccc2c(c1)C(=O)N(C)C2=O. The number of nitrogens with zero attached hydrogens (tertiary/aromatic N) is 1. The zero-order valence-electron chi connectivity index (χ0n) is 15.8. The van der Waals surface area contributed by atoms with E-state index in [1.165, 1.54) is 25.2 Å². The van der Waals surface area contributed by atoms with Gasteiger partial charge < -0.3 is 10.1 Å². The molecule has 0 saturated carbocycles. The first kappa shape index (κ1) is 21.5.